The first-order valence-electron chi connectivity index (χ1n) is 5.22. The molecule has 0 spiro atoms. The van der Waals surface area contributed by atoms with Crippen LogP contribution in [0.4, 0.5) is 8.78 Å². The third-order valence-corrected chi connectivity index (χ3v) is 2.62. The van der Waals surface area contributed by atoms with Crippen molar-refractivity contribution in [2.45, 2.75) is 19.3 Å². The molecule has 0 radical (unpaired) electrons. The third-order valence-electron chi connectivity index (χ3n) is 2.43. The van der Waals surface area contributed by atoms with Gasteiger partial charge >= 0.3 is 0 Å². The first-order chi connectivity index (χ1) is 8.15. The summed E-state index contributed by atoms with van der Waals surface area (Å²) in [5, 5.41) is 5.51. The number of aromatic nitrogens is 3. The predicted octanol–water partition coefficient (Wildman–Crippen LogP) is 2.92. The van der Waals surface area contributed by atoms with Crippen molar-refractivity contribution in [1.29, 1.82) is 0 Å². The molecule has 2 rings (SSSR count). The maximum absolute atomic E-state index is 13.3. The maximum Gasteiger partial charge on any atom is 0.213 e. The van der Waals surface area contributed by atoms with Gasteiger partial charge in [0.1, 0.15) is 17.5 Å². The summed E-state index contributed by atoms with van der Waals surface area (Å²) >= 11 is 4.81. The van der Waals surface area contributed by atoms with Crippen molar-refractivity contribution < 1.29 is 8.78 Å². The molecule has 90 valence electrons. The number of aromatic amines is 2. The van der Waals surface area contributed by atoms with E-state index in [0.29, 0.717) is 23.2 Å². The van der Waals surface area contributed by atoms with Gasteiger partial charge in [-0.15, -0.1) is 0 Å². The van der Waals surface area contributed by atoms with Gasteiger partial charge in [0.2, 0.25) is 4.77 Å². The summed E-state index contributed by atoms with van der Waals surface area (Å²) in [5.74, 6) is -0.305. The minimum absolute atomic E-state index is 0.410. The van der Waals surface area contributed by atoms with Crippen molar-refractivity contribution in [1.82, 2.24) is 15.2 Å². The summed E-state index contributed by atoms with van der Waals surface area (Å²) in [6.07, 6.45) is 1.93. The Balaban J connectivity index is 1.92. The number of halogens is 2. The zero-order valence-electron chi connectivity index (χ0n) is 8.96. The number of nitrogens with zero attached hydrogens (tertiary/aromatic N) is 1. The molecule has 3 nitrogen and oxygen atoms in total. The minimum atomic E-state index is -0.553. The van der Waals surface area contributed by atoms with Gasteiger partial charge < -0.3 is 0 Å². The molecule has 0 saturated heterocycles. The number of rotatable bonds is 4. The summed E-state index contributed by atoms with van der Waals surface area (Å²) < 4.78 is 26.4. The summed E-state index contributed by atoms with van der Waals surface area (Å²) in [7, 11) is 0. The van der Waals surface area contributed by atoms with Crippen LogP contribution in [0.1, 0.15) is 17.8 Å². The number of hydrogen-bond donors (Lipinski definition) is 2. The lowest BCUT2D eigenvalue weighted by Crippen LogP contribution is -1.95. The predicted molar refractivity (Wildman–Crippen MR) is 62.2 cm³/mol. The number of benzene rings is 1. The van der Waals surface area contributed by atoms with E-state index in [1.165, 1.54) is 12.1 Å². The molecule has 0 aliphatic heterocycles. The molecule has 0 aliphatic carbocycles. The van der Waals surface area contributed by atoms with Gasteiger partial charge in [0.05, 0.1) is 0 Å². The van der Waals surface area contributed by atoms with Gasteiger partial charge in [-0.3, -0.25) is 10.2 Å². The number of nitrogens with one attached hydrogen (secondary N) is 2. The molecule has 0 saturated carbocycles. The summed E-state index contributed by atoms with van der Waals surface area (Å²) in [4.78, 5) is 4.03. The molecule has 0 fully saturated rings. The zero-order chi connectivity index (χ0) is 12.3. The normalized spacial score (nSPS) is 10.7. The van der Waals surface area contributed by atoms with Crippen LogP contribution >= 0.6 is 12.2 Å². The van der Waals surface area contributed by atoms with E-state index in [9.17, 15) is 8.78 Å². The first kappa shape index (κ1) is 11.9. The number of hydrogen-bond acceptors (Lipinski definition) is 2. The zero-order valence-corrected chi connectivity index (χ0v) is 9.78. The second kappa shape index (κ2) is 5.18. The molecule has 0 amide bonds. The van der Waals surface area contributed by atoms with Gasteiger partial charge in [0, 0.05) is 12.5 Å². The Morgan fingerprint density at radius 2 is 2.00 bits per heavy atom. The van der Waals surface area contributed by atoms with Crippen molar-refractivity contribution in [3.63, 3.8) is 0 Å². The van der Waals surface area contributed by atoms with E-state index in [1.54, 1.807) is 0 Å². The van der Waals surface area contributed by atoms with Crippen molar-refractivity contribution in [3.8, 4) is 0 Å². The van der Waals surface area contributed by atoms with Crippen LogP contribution in [0.15, 0.2) is 18.2 Å². The van der Waals surface area contributed by atoms with Crippen LogP contribution < -0.4 is 0 Å². The number of aryl methyl sites for hydroxylation is 2. The third kappa shape index (κ3) is 3.20. The molecule has 0 unspecified atom stereocenters. The Morgan fingerprint density at radius 3 is 2.65 bits per heavy atom. The van der Waals surface area contributed by atoms with Crippen LogP contribution in [0.5, 0.6) is 0 Å². The topological polar surface area (TPSA) is 44.5 Å². The van der Waals surface area contributed by atoms with Crippen molar-refractivity contribution in [3.05, 3.63) is 46.0 Å². The summed E-state index contributed by atoms with van der Waals surface area (Å²) in [6, 6.07) is 3.63. The fourth-order valence-corrected chi connectivity index (χ4v) is 1.75. The van der Waals surface area contributed by atoms with E-state index in [2.05, 4.69) is 15.2 Å². The van der Waals surface area contributed by atoms with Crippen LogP contribution in [-0.2, 0) is 12.8 Å². The Labute approximate surface area is 102 Å². The molecular weight excluding hydrogens is 244 g/mol. The molecule has 0 atom stereocenters. The second-order valence-corrected chi connectivity index (χ2v) is 4.09. The highest BCUT2D eigenvalue weighted by Crippen LogP contribution is 2.12. The van der Waals surface area contributed by atoms with E-state index >= 15 is 0 Å². The molecule has 1 heterocycles. The van der Waals surface area contributed by atoms with Gasteiger partial charge in [0.15, 0.2) is 0 Å². The highest BCUT2D eigenvalue weighted by atomic mass is 32.1. The Kier molecular flexibility index (Phi) is 3.63. The lowest BCUT2D eigenvalue weighted by Gasteiger charge is -2.02. The Morgan fingerprint density at radius 1 is 1.18 bits per heavy atom. The molecular formula is C11H11F2N3S. The fourth-order valence-electron chi connectivity index (χ4n) is 1.59. The lowest BCUT2D eigenvalue weighted by atomic mass is 10.1. The summed E-state index contributed by atoms with van der Waals surface area (Å²) in [6.45, 7) is 0. The van der Waals surface area contributed by atoms with Crippen molar-refractivity contribution >= 4 is 12.2 Å². The van der Waals surface area contributed by atoms with Gasteiger partial charge in [0.25, 0.3) is 0 Å². The van der Waals surface area contributed by atoms with Crippen LogP contribution in [0.25, 0.3) is 0 Å². The average Bonchev–Trinajstić information content (AvgIpc) is 2.68. The van der Waals surface area contributed by atoms with Crippen LogP contribution in [0, 0.1) is 16.4 Å². The van der Waals surface area contributed by atoms with Crippen molar-refractivity contribution in [2.24, 2.45) is 0 Å². The Bertz CT molecular complexity index is 562. The fraction of sp³-hybridized carbons (Fsp3) is 0.273. The molecule has 0 aliphatic rings. The highest BCUT2D eigenvalue weighted by Gasteiger charge is 2.04. The second-order valence-electron chi connectivity index (χ2n) is 3.70. The van der Waals surface area contributed by atoms with Crippen LogP contribution in [-0.4, -0.2) is 15.2 Å². The molecule has 6 heteroatoms. The van der Waals surface area contributed by atoms with Gasteiger partial charge in [-0.2, -0.15) is 0 Å². The number of H-pyrrole nitrogens is 2. The molecule has 2 aromatic rings. The first-order valence-corrected chi connectivity index (χ1v) is 5.63. The Hall–Kier alpha value is -1.56. The van der Waals surface area contributed by atoms with E-state index in [-0.39, 0.29) is 0 Å². The monoisotopic (exact) mass is 255 g/mol. The minimum Gasteiger partial charge on any atom is -0.286 e. The summed E-state index contributed by atoms with van der Waals surface area (Å²) in [5.41, 5.74) is 0.514. The van der Waals surface area contributed by atoms with Gasteiger partial charge in [-0.1, -0.05) is 6.07 Å². The lowest BCUT2D eigenvalue weighted by molar-refractivity contribution is 0.568. The van der Waals surface area contributed by atoms with Crippen LogP contribution in [0.2, 0.25) is 0 Å². The van der Waals surface area contributed by atoms with E-state index in [1.807, 2.05) is 0 Å². The quantitative estimate of drug-likeness (QED) is 0.825. The highest BCUT2D eigenvalue weighted by molar-refractivity contribution is 7.71. The molecule has 1 aromatic carbocycles. The molecule has 1 aromatic heterocycles. The maximum atomic E-state index is 13.3. The smallest absolute Gasteiger partial charge is 0.213 e. The van der Waals surface area contributed by atoms with Gasteiger partial charge in [-0.25, -0.2) is 13.8 Å². The van der Waals surface area contributed by atoms with E-state index < -0.39 is 11.6 Å². The van der Waals surface area contributed by atoms with Gasteiger partial charge in [-0.05, 0) is 36.7 Å². The van der Waals surface area contributed by atoms with Crippen molar-refractivity contribution in [2.75, 3.05) is 0 Å². The largest absolute Gasteiger partial charge is 0.286 e. The van der Waals surface area contributed by atoms with E-state index in [0.717, 1.165) is 18.3 Å². The average molecular weight is 255 g/mol. The van der Waals surface area contributed by atoms with E-state index in [4.69, 9.17) is 12.2 Å². The molecule has 0 bridgehead atoms. The molecule has 17 heavy (non-hydrogen) atoms. The van der Waals surface area contributed by atoms with Crippen LogP contribution in [0.3, 0.4) is 0 Å². The standard InChI is InChI=1S/C11H11F2N3S/c12-8-5-4-7(9(13)6-8)2-1-3-10-14-11(17)16-15-10/h4-6H,1-3H2,(H2,14,15,16,17). The SMILES string of the molecule is Fc1ccc(CCCc2nc(=S)[nH][nH]2)c(F)c1. The molecule has 2 N–H and O–H groups in total.